The first kappa shape index (κ1) is 19.1. The molecule has 138 valence electrons. The number of likely N-dealkylation sites (tertiary alicyclic amines) is 1. The van der Waals surface area contributed by atoms with Crippen LogP contribution in [-0.4, -0.2) is 50.1 Å². The van der Waals surface area contributed by atoms with E-state index >= 15 is 0 Å². The molecule has 3 N–H and O–H groups in total. The van der Waals surface area contributed by atoms with Crippen LogP contribution in [0.5, 0.6) is 5.75 Å². The van der Waals surface area contributed by atoms with E-state index in [1.807, 2.05) is 6.07 Å². The Bertz CT molecular complexity index is 595. The molecule has 0 bridgehead atoms. The van der Waals surface area contributed by atoms with Crippen LogP contribution in [0, 0.1) is 19.8 Å². The molecule has 1 aliphatic rings. The summed E-state index contributed by atoms with van der Waals surface area (Å²) in [4.78, 5) is 17.7. The number of hydrogen-bond acceptors (Lipinski definition) is 3. The van der Waals surface area contributed by atoms with Gasteiger partial charge in [-0.05, 0) is 43.7 Å². The number of para-hydroxylation sites is 1. The summed E-state index contributed by atoms with van der Waals surface area (Å²) in [5, 5.41) is 3.36. The highest BCUT2D eigenvalue weighted by Crippen LogP contribution is 2.22. The SMILES string of the molecule is CN=C(NCCOc1c(C)cccc1C)N1CCCC(CC(N)=O)C1. The van der Waals surface area contributed by atoms with Crippen LogP contribution in [0.15, 0.2) is 23.2 Å². The summed E-state index contributed by atoms with van der Waals surface area (Å²) >= 11 is 0. The maximum atomic E-state index is 11.2. The second-order valence-corrected chi connectivity index (χ2v) is 6.67. The number of nitrogens with one attached hydrogen (secondary N) is 1. The third-order valence-electron chi connectivity index (χ3n) is 4.56. The molecule has 1 aliphatic heterocycles. The van der Waals surface area contributed by atoms with Crippen LogP contribution in [0.2, 0.25) is 0 Å². The van der Waals surface area contributed by atoms with Gasteiger partial charge in [-0.3, -0.25) is 9.79 Å². The van der Waals surface area contributed by atoms with Crippen LogP contribution in [-0.2, 0) is 4.79 Å². The van der Waals surface area contributed by atoms with E-state index < -0.39 is 0 Å². The van der Waals surface area contributed by atoms with Crippen LogP contribution in [0.25, 0.3) is 0 Å². The molecule has 0 saturated carbocycles. The third kappa shape index (κ3) is 5.66. The molecule has 2 rings (SSSR count). The maximum Gasteiger partial charge on any atom is 0.217 e. The van der Waals surface area contributed by atoms with Gasteiger partial charge in [0.2, 0.25) is 5.91 Å². The molecule has 6 heteroatoms. The maximum absolute atomic E-state index is 11.2. The summed E-state index contributed by atoms with van der Waals surface area (Å²) in [6.45, 7) is 7.14. The van der Waals surface area contributed by atoms with Crippen molar-refractivity contribution in [1.29, 1.82) is 0 Å². The van der Waals surface area contributed by atoms with E-state index in [0.717, 1.165) is 48.8 Å². The molecule has 1 fully saturated rings. The normalized spacial score (nSPS) is 18.1. The summed E-state index contributed by atoms with van der Waals surface area (Å²) in [6.07, 6.45) is 2.55. The zero-order valence-corrected chi connectivity index (χ0v) is 15.5. The Labute approximate surface area is 150 Å². The van der Waals surface area contributed by atoms with Crippen molar-refractivity contribution in [3.8, 4) is 5.75 Å². The highest BCUT2D eigenvalue weighted by molar-refractivity contribution is 5.80. The number of benzene rings is 1. The lowest BCUT2D eigenvalue weighted by Gasteiger charge is -2.34. The van der Waals surface area contributed by atoms with Crippen molar-refractivity contribution in [3.05, 3.63) is 29.3 Å². The fourth-order valence-electron chi connectivity index (χ4n) is 3.38. The van der Waals surface area contributed by atoms with E-state index in [0.29, 0.717) is 25.5 Å². The molecule has 1 heterocycles. The Morgan fingerprint density at radius 1 is 1.40 bits per heavy atom. The van der Waals surface area contributed by atoms with Crippen molar-refractivity contribution < 1.29 is 9.53 Å². The number of carbonyl (C=O) groups is 1. The van der Waals surface area contributed by atoms with Crippen molar-refractivity contribution in [3.63, 3.8) is 0 Å². The predicted octanol–water partition coefficient (Wildman–Crippen LogP) is 1.85. The van der Waals surface area contributed by atoms with E-state index in [4.69, 9.17) is 10.5 Å². The largest absolute Gasteiger partial charge is 0.491 e. The number of nitrogens with two attached hydrogens (primary N) is 1. The molecule has 1 aromatic carbocycles. The van der Waals surface area contributed by atoms with Crippen LogP contribution >= 0.6 is 0 Å². The monoisotopic (exact) mass is 346 g/mol. The highest BCUT2D eigenvalue weighted by atomic mass is 16.5. The van der Waals surface area contributed by atoms with Gasteiger partial charge in [-0.15, -0.1) is 0 Å². The van der Waals surface area contributed by atoms with Gasteiger partial charge in [0.25, 0.3) is 0 Å². The van der Waals surface area contributed by atoms with Gasteiger partial charge >= 0.3 is 0 Å². The average molecular weight is 346 g/mol. The van der Waals surface area contributed by atoms with Crippen molar-refractivity contribution in [1.82, 2.24) is 10.2 Å². The fourth-order valence-corrected chi connectivity index (χ4v) is 3.38. The van der Waals surface area contributed by atoms with Gasteiger partial charge in [0.1, 0.15) is 12.4 Å². The molecular weight excluding hydrogens is 316 g/mol. The summed E-state index contributed by atoms with van der Waals surface area (Å²) < 4.78 is 5.93. The zero-order valence-electron chi connectivity index (χ0n) is 15.5. The third-order valence-corrected chi connectivity index (χ3v) is 4.56. The number of hydrogen-bond donors (Lipinski definition) is 2. The Morgan fingerprint density at radius 2 is 2.12 bits per heavy atom. The van der Waals surface area contributed by atoms with Crippen LogP contribution in [0.4, 0.5) is 0 Å². The average Bonchev–Trinajstić information content (AvgIpc) is 2.57. The number of amides is 1. The summed E-state index contributed by atoms with van der Waals surface area (Å²) in [5.74, 6) is 1.91. The van der Waals surface area contributed by atoms with Crippen molar-refractivity contribution in [2.45, 2.75) is 33.1 Å². The first-order valence-electron chi connectivity index (χ1n) is 8.94. The number of guanidine groups is 1. The number of aliphatic imine (C=N–C) groups is 1. The lowest BCUT2D eigenvalue weighted by molar-refractivity contribution is -0.119. The first-order valence-corrected chi connectivity index (χ1v) is 8.94. The van der Waals surface area contributed by atoms with E-state index in [1.54, 1.807) is 7.05 Å². The minimum absolute atomic E-state index is 0.225. The highest BCUT2D eigenvalue weighted by Gasteiger charge is 2.23. The molecule has 0 aliphatic carbocycles. The quantitative estimate of drug-likeness (QED) is 0.468. The molecule has 1 unspecified atom stereocenters. The van der Waals surface area contributed by atoms with Gasteiger partial charge in [0.15, 0.2) is 5.96 Å². The summed E-state index contributed by atoms with van der Waals surface area (Å²) in [5.41, 5.74) is 7.63. The van der Waals surface area contributed by atoms with E-state index in [-0.39, 0.29) is 5.91 Å². The van der Waals surface area contributed by atoms with Gasteiger partial charge in [-0.1, -0.05) is 18.2 Å². The standard InChI is InChI=1S/C19H30N4O2/c1-14-6-4-7-15(2)18(14)25-11-9-22-19(21-3)23-10-5-8-16(13-23)12-17(20)24/h4,6-7,16H,5,8-13H2,1-3H3,(H2,20,24)(H,21,22). The smallest absolute Gasteiger partial charge is 0.217 e. The van der Waals surface area contributed by atoms with Gasteiger partial charge in [0, 0.05) is 26.6 Å². The molecule has 6 nitrogen and oxygen atoms in total. The van der Waals surface area contributed by atoms with Gasteiger partial charge in [-0.2, -0.15) is 0 Å². The number of carbonyl (C=O) groups excluding carboxylic acids is 1. The number of rotatable bonds is 6. The van der Waals surface area contributed by atoms with Crippen molar-refractivity contribution in [2.75, 3.05) is 33.3 Å². The topological polar surface area (TPSA) is 80.0 Å². The predicted molar refractivity (Wildman–Crippen MR) is 101 cm³/mol. The second kappa shape index (κ2) is 9.30. The van der Waals surface area contributed by atoms with Crippen LogP contribution in [0.3, 0.4) is 0 Å². The van der Waals surface area contributed by atoms with E-state index in [1.165, 1.54) is 0 Å². The molecule has 0 aromatic heterocycles. The molecule has 1 saturated heterocycles. The Hall–Kier alpha value is -2.24. The van der Waals surface area contributed by atoms with Crippen molar-refractivity contribution in [2.24, 2.45) is 16.6 Å². The Morgan fingerprint density at radius 3 is 2.76 bits per heavy atom. The van der Waals surface area contributed by atoms with Gasteiger partial charge in [0.05, 0.1) is 6.54 Å². The molecular formula is C19H30N4O2. The lowest BCUT2D eigenvalue weighted by Crippen LogP contribution is -2.48. The van der Waals surface area contributed by atoms with E-state index in [2.05, 4.69) is 41.2 Å². The molecule has 25 heavy (non-hydrogen) atoms. The minimum atomic E-state index is -0.225. The zero-order chi connectivity index (χ0) is 18.2. The number of piperidine rings is 1. The number of nitrogens with zero attached hydrogens (tertiary/aromatic N) is 2. The number of aryl methyl sites for hydroxylation is 2. The van der Waals surface area contributed by atoms with Crippen molar-refractivity contribution >= 4 is 11.9 Å². The Kier molecular flexibility index (Phi) is 7.10. The fraction of sp³-hybridized carbons (Fsp3) is 0.579. The molecule has 1 amide bonds. The lowest BCUT2D eigenvalue weighted by atomic mass is 9.95. The summed E-state index contributed by atoms with van der Waals surface area (Å²) in [7, 11) is 1.78. The molecule has 1 atom stereocenters. The molecule has 0 radical (unpaired) electrons. The number of primary amides is 1. The number of ether oxygens (including phenoxy) is 1. The first-order chi connectivity index (χ1) is 12.0. The van der Waals surface area contributed by atoms with Crippen LogP contribution in [0.1, 0.15) is 30.4 Å². The molecule has 0 spiro atoms. The second-order valence-electron chi connectivity index (χ2n) is 6.67. The summed E-state index contributed by atoms with van der Waals surface area (Å²) in [6, 6.07) is 6.15. The minimum Gasteiger partial charge on any atom is -0.491 e. The van der Waals surface area contributed by atoms with Gasteiger partial charge in [-0.25, -0.2) is 0 Å². The molecule has 1 aromatic rings. The van der Waals surface area contributed by atoms with E-state index in [9.17, 15) is 4.79 Å². The van der Waals surface area contributed by atoms with Gasteiger partial charge < -0.3 is 20.7 Å². The van der Waals surface area contributed by atoms with Crippen LogP contribution < -0.4 is 15.8 Å². The Balaban J connectivity index is 1.81.